The molecule has 1 heterocycles. The predicted molar refractivity (Wildman–Crippen MR) is 121 cm³/mol. The molecule has 3 rings (SSSR count). The molecule has 1 amide bonds. The van der Waals surface area contributed by atoms with Gasteiger partial charge >= 0.3 is 0 Å². The Kier molecular flexibility index (Phi) is 7.17. The molecular weight excluding hydrogens is 410 g/mol. The molecule has 2 aromatic carbocycles. The normalized spacial score (nSPS) is 13.6. The zero-order valence-corrected chi connectivity index (χ0v) is 18.0. The molecule has 0 atom stereocenters. The van der Waals surface area contributed by atoms with Gasteiger partial charge in [-0.15, -0.1) is 0 Å². The standard InChI is InChI=1S/C21H24ClN3O3S/c1-27-18-9-6-14(12-19(18)28-2)20(26)24-21(29)23-15-7-8-17(16(22)13-15)25-10-4-3-5-11-25/h6-9,12-13H,3-5,10-11H2,1-2H3,(H2,23,24,26,29). The van der Waals surface area contributed by atoms with Crippen molar-refractivity contribution in [1.29, 1.82) is 0 Å². The minimum absolute atomic E-state index is 0.187. The van der Waals surface area contributed by atoms with Crippen LogP contribution in [-0.2, 0) is 0 Å². The van der Waals surface area contributed by atoms with E-state index in [1.54, 1.807) is 25.3 Å². The van der Waals surface area contributed by atoms with Crippen LogP contribution in [0.5, 0.6) is 11.5 Å². The second-order valence-corrected chi connectivity index (χ2v) is 7.51. The Morgan fingerprint density at radius 2 is 1.76 bits per heavy atom. The molecular formula is C21H24ClN3O3S. The van der Waals surface area contributed by atoms with Gasteiger partial charge in [0.1, 0.15) is 0 Å². The Labute approximate surface area is 181 Å². The molecule has 0 aliphatic carbocycles. The molecule has 2 aromatic rings. The molecule has 8 heteroatoms. The lowest BCUT2D eigenvalue weighted by molar-refractivity contribution is 0.0977. The van der Waals surface area contributed by atoms with Crippen LogP contribution >= 0.6 is 23.8 Å². The molecule has 1 saturated heterocycles. The van der Waals surface area contributed by atoms with Crippen LogP contribution in [0.4, 0.5) is 11.4 Å². The number of hydrogen-bond donors (Lipinski definition) is 2. The van der Waals surface area contributed by atoms with Crippen LogP contribution in [-0.4, -0.2) is 38.3 Å². The van der Waals surface area contributed by atoms with Crippen LogP contribution in [0.1, 0.15) is 29.6 Å². The summed E-state index contributed by atoms with van der Waals surface area (Å²) in [4.78, 5) is 14.8. The van der Waals surface area contributed by atoms with Crippen molar-refractivity contribution in [3.05, 3.63) is 47.0 Å². The fraction of sp³-hybridized carbons (Fsp3) is 0.333. The fourth-order valence-corrected chi connectivity index (χ4v) is 3.80. The van der Waals surface area contributed by atoms with E-state index in [0.717, 1.165) is 18.8 Å². The van der Waals surface area contributed by atoms with Gasteiger partial charge in [-0.2, -0.15) is 0 Å². The van der Waals surface area contributed by atoms with Gasteiger partial charge in [-0.1, -0.05) is 11.6 Å². The summed E-state index contributed by atoms with van der Waals surface area (Å²) >= 11 is 11.7. The van der Waals surface area contributed by atoms with Gasteiger partial charge in [-0.25, -0.2) is 0 Å². The first-order chi connectivity index (χ1) is 14.0. The van der Waals surface area contributed by atoms with Crippen LogP contribution < -0.4 is 25.0 Å². The van der Waals surface area contributed by atoms with Crippen LogP contribution in [0.25, 0.3) is 0 Å². The van der Waals surface area contributed by atoms with Gasteiger partial charge in [0.05, 0.1) is 24.9 Å². The van der Waals surface area contributed by atoms with E-state index in [9.17, 15) is 4.79 Å². The van der Waals surface area contributed by atoms with E-state index in [2.05, 4.69) is 15.5 Å². The first-order valence-electron chi connectivity index (χ1n) is 9.40. The zero-order valence-electron chi connectivity index (χ0n) is 16.5. The highest BCUT2D eigenvalue weighted by Crippen LogP contribution is 2.31. The van der Waals surface area contributed by atoms with Gasteiger partial charge in [0.15, 0.2) is 16.6 Å². The third-order valence-electron chi connectivity index (χ3n) is 4.78. The molecule has 1 fully saturated rings. The van der Waals surface area contributed by atoms with Crippen molar-refractivity contribution in [2.24, 2.45) is 0 Å². The highest BCUT2D eigenvalue weighted by Gasteiger charge is 2.15. The monoisotopic (exact) mass is 433 g/mol. The van der Waals surface area contributed by atoms with Gasteiger partial charge in [0.25, 0.3) is 5.91 Å². The molecule has 29 heavy (non-hydrogen) atoms. The Bertz CT molecular complexity index is 901. The predicted octanol–water partition coefficient (Wildman–Crippen LogP) is 4.47. The quantitative estimate of drug-likeness (QED) is 0.678. The van der Waals surface area contributed by atoms with Crippen molar-refractivity contribution in [2.75, 3.05) is 37.5 Å². The zero-order chi connectivity index (χ0) is 20.8. The number of nitrogens with zero attached hydrogens (tertiary/aromatic N) is 1. The summed E-state index contributed by atoms with van der Waals surface area (Å²) in [5.41, 5.74) is 2.15. The van der Waals surface area contributed by atoms with E-state index >= 15 is 0 Å². The fourth-order valence-electron chi connectivity index (χ4n) is 3.29. The van der Waals surface area contributed by atoms with Crippen molar-refractivity contribution in [3.8, 4) is 11.5 Å². The van der Waals surface area contributed by atoms with E-state index < -0.39 is 0 Å². The Morgan fingerprint density at radius 3 is 2.41 bits per heavy atom. The number of carbonyl (C=O) groups is 1. The lowest BCUT2D eigenvalue weighted by Gasteiger charge is -2.29. The Morgan fingerprint density at radius 1 is 1.03 bits per heavy atom. The van der Waals surface area contributed by atoms with Gasteiger partial charge in [0.2, 0.25) is 0 Å². The molecule has 0 radical (unpaired) electrons. The molecule has 1 aliphatic rings. The summed E-state index contributed by atoms with van der Waals surface area (Å²) in [5.74, 6) is 0.673. The van der Waals surface area contributed by atoms with Crippen LogP contribution in [0.15, 0.2) is 36.4 Å². The number of benzene rings is 2. The second-order valence-electron chi connectivity index (χ2n) is 6.69. The second kappa shape index (κ2) is 9.80. The van der Waals surface area contributed by atoms with E-state index in [1.165, 1.54) is 26.4 Å². The maximum atomic E-state index is 12.5. The summed E-state index contributed by atoms with van der Waals surface area (Å²) < 4.78 is 10.4. The van der Waals surface area contributed by atoms with Crippen LogP contribution in [0, 0.1) is 0 Å². The molecule has 6 nitrogen and oxygen atoms in total. The van der Waals surface area contributed by atoms with Gasteiger partial charge in [-0.05, 0) is 67.9 Å². The van der Waals surface area contributed by atoms with E-state index in [4.69, 9.17) is 33.3 Å². The Balaban J connectivity index is 1.63. The van der Waals surface area contributed by atoms with Crippen LogP contribution in [0.3, 0.4) is 0 Å². The molecule has 0 bridgehead atoms. The average Bonchev–Trinajstić information content (AvgIpc) is 2.73. The number of carbonyl (C=O) groups excluding carboxylic acids is 1. The highest BCUT2D eigenvalue weighted by molar-refractivity contribution is 7.80. The maximum Gasteiger partial charge on any atom is 0.257 e. The van der Waals surface area contributed by atoms with Crippen LogP contribution in [0.2, 0.25) is 5.02 Å². The molecule has 0 aromatic heterocycles. The molecule has 2 N–H and O–H groups in total. The number of nitrogens with one attached hydrogen (secondary N) is 2. The number of amides is 1. The van der Waals surface area contributed by atoms with Gasteiger partial charge in [-0.3, -0.25) is 10.1 Å². The average molecular weight is 434 g/mol. The van der Waals surface area contributed by atoms with E-state index in [0.29, 0.717) is 27.8 Å². The van der Waals surface area contributed by atoms with Gasteiger partial charge < -0.3 is 19.7 Å². The van der Waals surface area contributed by atoms with E-state index in [1.807, 2.05) is 18.2 Å². The molecule has 1 aliphatic heterocycles. The minimum Gasteiger partial charge on any atom is -0.493 e. The summed E-state index contributed by atoms with van der Waals surface area (Å²) in [5, 5.41) is 6.51. The third kappa shape index (κ3) is 5.31. The largest absolute Gasteiger partial charge is 0.493 e. The molecule has 0 spiro atoms. The van der Waals surface area contributed by atoms with Crippen molar-refractivity contribution in [3.63, 3.8) is 0 Å². The SMILES string of the molecule is COc1ccc(C(=O)NC(=S)Nc2ccc(N3CCCCC3)c(Cl)c2)cc1OC. The number of hydrogen-bond acceptors (Lipinski definition) is 5. The number of ether oxygens (including phenoxy) is 2. The topological polar surface area (TPSA) is 62.8 Å². The van der Waals surface area contributed by atoms with Crippen molar-refractivity contribution in [2.45, 2.75) is 19.3 Å². The van der Waals surface area contributed by atoms with Gasteiger partial charge in [0, 0.05) is 24.3 Å². The molecule has 0 unspecified atom stereocenters. The summed E-state index contributed by atoms with van der Waals surface area (Å²) in [6.07, 6.45) is 3.63. The minimum atomic E-state index is -0.348. The molecule has 154 valence electrons. The number of halogens is 1. The number of thiocarbonyl (C=S) groups is 1. The summed E-state index contributed by atoms with van der Waals surface area (Å²) in [7, 11) is 3.06. The number of methoxy groups -OCH3 is 2. The van der Waals surface area contributed by atoms with Crippen molar-refractivity contribution < 1.29 is 14.3 Å². The number of rotatable bonds is 5. The lowest BCUT2D eigenvalue weighted by atomic mass is 10.1. The smallest absolute Gasteiger partial charge is 0.257 e. The number of piperidine rings is 1. The first kappa shape index (κ1) is 21.2. The lowest BCUT2D eigenvalue weighted by Crippen LogP contribution is -2.34. The molecule has 0 saturated carbocycles. The first-order valence-corrected chi connectivity index (χ1v) is 10.2. The highest BCUT2D eigenvalue weighted by atomic mass is 35.5. The van der Waals surface area contributed by atoms with Crippen molar-refractivity contribution >= 4 is 46.2 Å². The number of anilines is 2. The summed E-state index contributed by atoms with van der Waals surface area (Å²) in [6.45, 7) is 2.04. The summed E-state index contributed by atoms with van der Waals surface area (Å²) in [6, 6.07) is 10.6. The van der Waals surface area contributed by atoms with Crippen molar-refractivity contribution in [1.82, 2.24) is 5.32 Å². The maximum absolute atomic E-state index is 12.5. The Hall–Kier alpha value is -2.51. The third-order valence-corrected chi connectivity index (χ3v) is 5.28. The van der Waals surface area contributed by atoms with E-state index in [-0.39, 0.29) is 11.0 Å².